The van der Waals surface area contributed by atoms with Gasteiger partial charge in [-0.05, 0) is 24.8 Å². The number of esters is 3. The van der Waals surface area contributed by atoms with Crippen LogP contribution in [0.5, 0.6) is 0 Å². The van der Waals surface area contributed by atoms with Crippen molar-refractivity contribution >= 4 is 23.7 Å². The van der Waals surface area contributed by atoms with E-state index in [1.54, 1.807) is 33.8 Å². The lowest BCUT2D eigenvalue weighted by atomic mass is 9.36. The van der Waals surface area contributed by atoms with Gasteiger partial charge in [-0.2, -0.15) is 0 Å². The van der Waals surface area contributed by atoms with Crippen LogP contribution >= 0.6 is 0 Å². The monoisotopic (exact) mass is 630 g/mol. The van der Waals surface area contributed by atoms with E-state index >= 15 is 0 Å². The van der Waals surface area contributed by atoms with Gasteiger partial charge in [-0.15, -0.1) is 0 Å². The lowest BCUT2D eigenvalue weighted by Crippen LogP contribution is -2.93. The second-order valence-electron chi connectivity index (χ2n) is 15.1. The number of rotatable bonds is 8. The predicted molar refractivity (Wildman–Crippen MR) is 151 cm³/mol. The van der Waals surface area contributed by atoms with Gasteiger partial charge >= 0.3 is 17.9 Å². The molecule has 2 spiro atoms. The molecule has 11 atom stereocenters. The molecule has 11 unspecified atom stereocenters. The molecule has 0 radical (unpaired) electrons. The number of carbonyl (C=O) groups excluding carboxylic acids is 4. The van der Waals surface area contributed by atoms with Crippen LogP contribution in [0.3, 0.4) is 0 Å². The van der Waals surface area contributed by atoms with Crippen LogP contribution in [0.1, 0.15) is 84.5 Å². The topological polar surface area (TPSA) is 157 Å². The highest BCUT2D eigenvalue weighted by atomic mass is 16.9. The largest absolute Gasteiger partial charge is 0.472 e. The third kappa shape index (κ3) is 3.04. The first-order chi connectivity index (χ1) is 21.0. The fourth-order valence-corrected chi connectivity index (χ4v) is 11.3. The Morgan fingerprint density at radius 3 is 2.47 bits per heavy atom. The van der Waals surface area contributed by atoms with Gasteiger partial charge in [0.1, 0.15) is 29.2 Å². The quantitative estimate of drug-likeness (QED) is 0.254. The van der Waals surface area contributed by atoms with E-state index < -0.39 is 93.0 Å². The summed E-state index contributed by atoms with van der Waals surface area (Å²) in [6.07, 6.45) is 0.222. The molecule has 7 rings (SSSR count). The van der Waals surface area contributed by atoms with Crippen molar-refractivity contribution in [2.24, 2.45) is 34.0 Å². The first-order valence-electron chi connectivity index (χ1n) is 15.8. The zero-order chi connectivity index (χ0) is 32.8. The normalized spacial score (nSPS) is 47.1. The van der Waals surface area contributed by atoms with Gasteiger partial charge in [-0.3, -0.25) is 19.2 Å². The fourth-order valence-electron chi connectivity index (χ4n) is 11.3. The van der Waals surface area contributed by atoms with Crippen molar-refractivity contribution < 1.29 is 57.1 Å². The number of hydrogen-bond acceptors (Lipinski definition) is 12. The van der Waals surface area contributed by atoms with E-state index in [1.807, 2.05) is 20.8 Å². The summed E-state index contributed by atoms with van der Waals surface area (Å²) >= 11 is 0. The average molecular weight is 631 g/mol. The van der Waals surface area contributed by atoms with Crippen LogP contribution in [0.25, 0.3) is 0 Å². The van der Waals surface area contributed by atoms with E-state index in [0.717, 1.165) is 0 Å². The van der Waals surface area contributed by atoms with Crippen molar-refractivity contribution in [3.05, 3.63) is 24.2 Å². The third-order valence-electron chi connectivity index (χ3n) is 12.9. The summed E-state index contributed by atoms with van der Waals surface area (Å²) in [4.78, 5) is 54.4. The Morgan fingerprint density at radius 1 is 1.16 bits per heavy atom. The van der Waals surface area contributed by atoms with Gasteiger partial charge in [0.05, 0.1) is 31.3 Å². The van der Waals surface area contributed by atoms with Crippen molar-refractivity contribution in [2.45, 2.75) is 115 Å². The van der Waals surface area contributed by atoms with Gasteiger partial charge in [-0.1, -0.05) is 48.5 Å². The van der Waals surface area contributed by atoms with Crippen LogP contribution in [-0.2, 0) is 42.8 Å². The zero-order valence-electron chi connectivity index (χ0n) is 27.0. The van der Waals surface area contributed by atoms with E-state index in [0.29, 0.717) is 12.0 Å². The summed E-state index contributed by atoms with van der Waals surface area (Å²) in [5, 5.41) is 13.4. The molecular formula is C33H42O12. The van der Waals surface area contributed by atoms with Crippen molar-refractivity contribution in [2.75, 3.05) is 7.11 Å². The van der Waals surface area contributed by atoms with Crippen LogP contribution < -0.4 is 0 Å². The van der Waals surface area contributed by atoms with Crippen LogP contribution in [0.2, 0.25) is 0 Å². The van der Waals surface area contributed by atoms with E-state index in [1.165, 1.54) is 19.6 Å². The minimum atomic E-state index is -2.13. The SMILES string of the molecule is CCC12OC3OC14C(C(C)(C)C(=O)c1ccoc1)CC(=O)OC4C1(O)C(OC(=O)C(C)C)C4(C)CC1(O3)C2(C)C4CC(=O)OC. The summed E-state index contributed by atoms with van der Waals surface area (Å²) in [7, 11) is 1.31. The van der Waals surface area contributed by atoms with Gasteiger partial charge in [-0.25, -0.2) is 0 Å². The fraction of sp³-hybridized carbons (Fsp3) is 0.758. The molecule has 0 aromatic carbocycles. The lowest BCUT2D eigenvalue weighted by Gasteiger charge is -2.75. The molecule has 12 heteroatoms. The second kappa shape index (κ2) is 8.96. The maximum atomic E-state index is 14.2. The molecule has 12 nitrogen and oxygen atoms in total. The summed E-state index contributed by atoms with van der Waals surface area (Å²) < 4.78 is 43.2. The molecule has 6 fully saturated rings. The summed E-state index contributed by atoms with van der Waals surface area (Å²) in [5.41, 5.74) is -9.81. The van der Waals surface area contributed by atoms with E-state index in [4.69, 9.17) is 32.8 Å². The second-order valence-corrected chi connectivity index (χ2v) is 15.1. The Bertz CT molecular complexity index is 1480. The third-order valence-corrected chi connectivity index (χ3v) is 12.9. The molecule has 45 heavy (non-hydrogen) atoms. The number of furan rings is 1. The summed E-state index contributed by atoms with van der Waals surface area (Å²) in [6.45, 7) is 11.3. The van der Waals surface area contributed by atoms with Gasteiger partial charge in [0.2, 0.25) is 0 Å². The molecule has 1 aromatic rings. The molecule has 1 N–H and O–H groups in total. The number of Topliss-reactive ketones (excluding diaryl/α,β-unsaturated/α-hetero) is 1. The van der Waals surface area contributed by atoms with Crippen LogP contribution in [0.4, 0.5) is 0 Å². The lowest BCUT2D eigenvalue weighted by molar-refractivity contribution is -0.445. The molecule has 6 aliphatic rings. The molecule has 4 bridgehead atoms. The van der Waals surface area contributed by atoms with Gasteiger partial charge in [0.25, 0.3) is 6.48 Å². The number of aliphatic hydroxyl groups is 1. The van der Waals surface area contributed by atoms with Crippen molar-refractivity contribution in [1.29, 1.82) is 0 Å². The first-order valence-corrected chi connectivity index (χ1v) is 15.8. The number of hydrogen-bond donors (Lipinski definition) is 1. The first kappa shape index (κ1) is 30.8. The number of methoxy groups -OCH3 is 1. The van der Waals surface area contributed by atoms with Crippen molar-refractivity contribution in [3.8, 4) is 0 Å². The molecule has 246 valence electrons. The van der Waals surface area contributed by atoms with Gasteiger partial charge in [0.15, 0.2) is 17.5 Å². The molecule has 3 saturated carbocycles. The maximum absolute atomic E-state index is 14.2. The van der Waals surface area contributed by atoms with Crippen molar-refractivity contribution in [1.82, 2.24) is 0 Å². The minimum absolute atomic E-state index is 0.0846. The zero-order valence-corrected chi connectivity index (χ0v) is 27.0. The standard InChI is InChI=1S/C33H42O12/c1-9-30-29(7)19(13-20(34)39-8)28(6)15-31(29)32(38,24(28)42-23(37)16(2)3)25-33(30,45-26(43-30)44-31)18(12-21(35)41-25)27(4,5)22(36)17-10-11-40-14-17/h10-11,14,16,18-19,24-26,38H,9,12-13,15H2,1-8H3. The molecule has 1 aromatic heterocycles. The summed E-state index contributed by atoms with van der Waals surface area (Å²) in [5.74, 6) is -4.03. The van der Waals surface area contributed by atoms with E-state index in [9.17, 15) is 24.3 Å². The Balaban J connectivity index is 1.53. The predicted octanol–water partition coefficient (Wildman–Crippen LogP) is 3.33. The molecule has 3 saturated heterocycles. The Hall–Kier alpha value is -2.80. The van der Waals surface area contributed by atoms with Crippen LogP contribution in [0, 0.1) is 34.0 Å². The number of ketones is 1. The van der Waals surface area contributed by atoms with Crippen LogP contribution in [-0.4, -0.2) is 77.0 Å². The van der Waals surface area contributed by atoms with Crippen molar-refractivity contribution in [3.63, 3.8) is 0 Å². The number of fused-ring (bicyclic) bond motifs is 3. The molecule has 4 heterocycles. The van der Waals surface area contributed by atoms with Gasteiger partial charge in [0, 0.05) is 28.6 Å². The minimum Gasteiger partial charge on any atom is -0.472 e. The smallest absolute Gasteiger partial charge is 0.308 e. The summed E-state index contributed by atoms with van der Waals surface area (Å²) in [6, 6.07) is 1.56. The average Bonchev–Trinajstić information content (AvgIpc) is 3.69. The molecule has 0 amide bonds. The maximum Gasteiger partial charge on any atom is 0.308 e. The highest BCUT2D eigenvalue weighted by Crippen LogP contribution is 2.87. The Kier molecular flexibility index (Phi) is 6.14. The highest BCUT2D eigenvalue weighted by Gasteiger charge is 3.02. The molecule has 3 aliphatic heterocycles. The molecular weight excluding hydrogens is 588 g/mol. The highest BCUT2D eigenvalue weighted by molar-refractivity contribution is 6.00. The number of ether oxygens (including phenoxy) is 6. The van der Waals surface area contributed by atoms with Gasteiger partial charge < -0.3 is 37.9 Å². The molecule has 3 aliphatic carbocycles. The van der Waals surface area contributed by atoms with Crippen LogP contribution in [0.15, 0.2) is 23.0 Å². The Morgan fingerprint density at radius 2 is 1.87 bits per heavy atom. The Labute approximate surface area is 261 Å². The van der Waals surface area contributed by atoms with E-state index in [2.05, 4.69) is 0 Å². The van der Waals surface area contributed by atoms with E-state index in [-0.39, 0.29) is 25.0 Å². The number of carbonyl (C=O) groups is 4.